The number of hydrogen-bond acceptors (Lipinski definition) is 6. The highest BCUT2D eigenvalue weighted by Gasteiger charge is 2.26. The van der Waals surface area contributed by atoms with Gasteiger partial charge in [0.15, 0.2) is 11.5 Å². The second kappa shape index (κ2) is 6.99. The van der Waals surface area contributed by atoms with Crippen LogP contribution in [0, 0.1) is 5.92 Å². The number of aromatic nitrogens is 5. The number of anilines is 1. The predicted molar refractivity (Wildman–Crippen MR) is 103 cm³/mol. The standard InChI is InChI=1S/C19H25N7/c1-13(2)11-14-12-26(10-9-25(14)3)16-6-8-21-19(22-16)17-15-5-4-7-20-18(15)24-23-17/h4-8,13-14H,9-12H2,1-3H3,(H,20,23,24)/t14-/m0/s1. The van der Waals surface area contributed by atoms with Crippen molar-refractivity contribution in [2.45, 2.75) is 26.3 Å². The lowest BCUT2D eigenvalue weighted by molar-refractivity contribution is 0.192. The van der Waals surface area contributed by atoms with Crippen LogP contribution in [0.25, 0.3) is 22.6 Å². The number of likely N-dealkylation sites (N-methyl/N-ethyl adjacent to an activating group) is 1. The van der Waals surface area contributed by atoms with Gasteiger partial charge in [-0.25, -0.2) is 15.0 Å². The van der Waals surface area contributed by atoms with Gasteiger partial charge in [-0.2, -0.15) is 5.10 Å². The fourth-order valence-electron chi connectivity index (χ4n) is 3.62. The molecule has 1 N–H and O–H groups in total. The molecule has 1 aliphatic rings. The molecule has 1 saturated heterocycles. The average molecular weight is 351 g/mol. The molecule has 0 saturated carbocycles. The Morgan fingerprint density at radius 3 is 2.92 bits per heavy atom. The SMILES string of the molecule is CC(C)C[C@H]1CN(c2ccnc(-c3[nH]nc4ncccc34)n2)CCN1C. The second-order valence-electron chi connectivity index (χ2n) is 7.42. The average Bonchev–Trinajstić information content (AvgIpc) is 3.07. The van der Waals surface area contributed by atoms with Gasteiger partial charge in [0, 0.05) is 43.5 Å². The lowest BCUT2D eigenvalue weighted by Gasteiger charge is -2.40. The highest BCUT2D eigenvalue weighted by atomic mass is 15.3. The van der Waals surface area contributed by atoms with Crippen molar-refractivity contribution in [1.29, 1.82) is 0 Å². The zero-order valence-electron chi connectivity index (χ0n) is 15.6. The number of fused-ring (bicyclic) bond motifs is 1. The zero-order valence-corrected chi connectivity index (χ0v) is 15.6. The summed E-state index contributed by atoms with van der Waals surface area (Å²) in [5, 5.41) is 8.24. The Morgan fingerprint density at radius 2 is 2.08 bits per heavy atom. The summed E-state index contributed by atoms with van der Waals surface area (Å²) in [6, 6.07) is 6.45. The van der Waals surface area contributed by atoms with E-state index in [0.717, 1.165) is 36.5 Å². The number of rotatable bonds is 4. The molecule has 4 rings (SSSR count). The van der Waals surface area contributed by atoms with Crippen LogP contribution in [0.5, 0.6) is 0 Å². The van der Waals surface area contributed by atoms with Crippen molar-refractivity contribution in [3.63, 3.8) is 0 Å². The van der Waals surface area contributed by atoms with Gasteiger partial charge >= 0.3 is 0 Å². The summed E-state index contributed by atoms with van der Waals surface area (Å²) in [6.45, 7) is 7.59. The molecule has 3 aromatic heterocycles. The van der Waals surface area contributed by atoms with Crippen molar-refractivity contribution in [2.75, 3.05) is 31.6 Å². The van der Waals surface area contributed by atoms with Gasteiger partial charge in [0.05, 0.1) is 0 Å². The molecule has 1 fully saturated rings. The van der Waals surface area contributed by atoms with E-state index in [2.05, 4.69) is 50.9 Å². The van der Waals surface area contributed by atoms with Gasteiger partial charge in [0.2, 0.25) is 0 Å². The molecule has 3 aromatic rings. The molecule has 0 bridgehead atoms. The number of H-pyrrole nitrogens is 1. The molecule has 4 heterocycles. The molecule has 0 amide bonds. The number of nitrogens with zero attached hydrogens (tertiary/aromatic N) is 6. The van der Waals surface area contributed by atoms with Crippen molar-refractivity contribution in [3.05, 3.63) is 30.6 Å². The van der Waals surface area contributed by atoms with Crippen molar-refractivity contribution in [2.24, 2.45) is 5.92 Å². The third-order valence-electron chi connectivity index (χ3n) is 5.04. The molecule has 26 heavy (non-hydrogen) atoms. The second-order valence-corrected chi connectivity index (χ2v) is 7.42. The summed E-state index contributed by atoms with van der Waals surface area (Å²) >= 11 is 0. The van der Waals surface area contributed by atoms with Crippen LogP contribution in [0.3, 0.4) is 0 Å². The maximum atomic E-state index is 4.82. The van der Waals surface area contributed by atoms with E-state index in [-0.39, 0.29) is 0 Å². The van der Waals surface area contributed by atoms with Crippen LogP contribution < -0.4 is 4.90 Å². The maximum Gasteiger partial charge on any atom is 0.181 e. The molecule has 1 atom stereocenters. The molecular formula is C19H25N7. The Hall–Kier alpha value is -2.54. The van der Waals surface area contributed by atoms with Crippen molar-refractivity contribution < 1.29 is 0 Å². The highest BCUT2D eigenvalue weighted by molar-refractivity contribution is 5.88. The molecule has 7 heteroatoms. The van der Waals surface area contributed by atoms with Crippen LogP contribution in [0.1, 0.15) is 20.3 Å². The lowest BCUT2D eigenvalue weighted by Crippen LogP contribution is -2.52. The molecule has 0 aromatic carbocycles. The van der Waals surface area contributed by atoms with Crippen molar-refractivity contribution in [3.8, 4) is 11.5 Å². The van der Waals surface area contributed by atoms with E-state index < -0.39 is 0 Å². The molecule has 0 aliphatic carbocycles. The number of pyridine rings is 1. The Labute approximate surface area is 153 Å². The van der Waals surface area contributed by atoms with Gasteiger partial charge < -0.3 is 4.90 Å². The summed E-state index contributed by atoms with van der Waals surface area (Å²) in [6.07, 6.45) is 4.77. The summed E-state index contributed by atoms with van der Waals surface area (Å²) in [5.74, 6) is 2.33. The largest absolute Gasteiger partial charge is 0.354 e. The van der Waals surface area contributed by atoms with Crippen LogP contribution in [0.4, 0.5) is 5.82 Å². The van der Waals surface area contributed by atoms with Crippen molar-refractivity contribution >= 4 is 16.9 Å². The Kier molecular flexibility index (Phi) is 4.55. The van der Waals surface area contributed by atoms with Gasteiger partial charge in [-0.1, -0.05) is 13.8 Å². The van der Waals surface area contributed by atoms with E-state index in [1.807, 2.05) is 24.4 Å². The van der Waals surface area contributed by atoms with Crippen molar-refractivity contribution in [1.82, 2.24) is 30.0 Å². The maximum absolute atomic E-state index is 4.82. The lowest BCUT2D eigenvalue weighted by atomic mass is 10.0. The fourth-order valence-corrected chi connectivity index (χ4v) is 3.62. The van der Waals surface area contributed by atoms with Crippen LogP contribution >= 0.6 is 0 Å². The Bertz CT molecular complexity index is 888. The molecule has 7 nitrogen and oxygen atoms in total. The minimum atomic E-state index is 0.555. The topological polar surface area (TPSA) is 73.8 Å². The number of hydrogen-bond donors (Lipinski definition) is 1. The van der Waals surface area contributed by atoms with Gasteiger partial charge in [-0.3, -0.25) is 10.00 Å². The molecule has 0 spiro atoms. The molecule has 1 aliphatic heterocycles. The van der Waals surface area contributed by atoms with Gasteiger partial charge in [0.25, 0.3) is 0 Å². The van der Waals surface area contributed by atoms with Crippen LogP contribution in [0.2, 0.25) is 0 Å². The third-order valence-corrected chi connectivity index (χ3v) is 5.04. The van der Waals surface area contributed by atoms with E-state index in [1.165, 1.54) is 6.42 Å². The summed E-state index contributed by atoms with van der Waals surface area (Å²) in [4.78, 5) is 18.4. The third kappa shape index (κ3) is 3.26. The zero-order chi connectivity index (χ0) is 18.1. The molecular weight excluding hydrogens is 326 g/mol. The van der Waals surface area contributed by atoms with E-state index in [1.54, 1.807) is 6.20 Å². The monoisotopic (exact) mass is 351 g/mol. The fraction of sp³-hybridized carbons (Fsp3) is 0.474. The van der Waals surface area contributed by atoms with E-state index in [9.17, 15) is 0 Å². The predicted octanol–water partition coefficient (Wildman–Crippen LogP) is 2.58. The summed E-state index contributed by atoms with van der Waals surface area (Å²) < 4.78 is 0. The first-order chi connectivity index (χ1) is 12.6. The van der Waals surface area contributed by atoms with E-state index in [4.69, 9.17) is 4.98 Å². The van der Waals surface area contributed by atoms with Crippen LogP contribution in [-0.2, 0) is 0 Å². The van der Waals surface area contributed by atoms with Crippen LogP contribution in [0.15, 0.2) is 30.6 Å². The number of piperazine rings is 1. The normalized spacial score (nSPS) is 18.8. The molecule has 136 valence electrons. The van der Waals surface area contributed by atoms with E-state index in [0.29, 0.717) is 23.4 Å². The Balaban J connectivity index is 1.61. The van der Waals surface area contributed by atoms with Gasteiger partial charge in [-0.15, -0.1) is 0 Å². The van der Waals surface area contributed by atoms with Gasteiger partial charge in [0.1, 0.15) is 11.5 Å². The first-order valence-corrected chi connectivity index (χ1v) is 9.19. The molecule has 0 radical (unpaired) electrons. The molecule has 0 unspecified atom stereocenters. The number of nitrogens with one attached hydrogen (secondary N) is 1. The van der Waals surface area contributed by atoms with E-state index >= 15 is 0 Å². The number of aromatic amines is 1. The van der Waals surface area contributed by atoms with Gasteiger partial charge in [-0.05, 0) is 37.6 Å². The highest BCUT2D eigenvalue weighted by Crippen LogP contribution is 2.25. The minimum Gasteiger partial charge on any atom is -0.354 e. The first-order valence-electron chi connectivity index (χ1n) is 9.19. The quantitative estimate of drug-likeness (QED) is 0.779. The summed E-state index contributed by atoms with van der Waals surface area (Å²) in [5.41, 5.74) is 1.51. The smallest absolute Gasteiger partial charge is 0.181 e. The Morgan fingerprint density at radius 1 is 1.19 bits per heavy atom. The summed E-state index contributed by atoms with van der Waals surface area (Å²) in [7, 11) is 2.22. The first kappa shape index (κ1) is 16.9. The van der Waals surface area contributed by atoms with Crippen LogP contribution in [-0.4, -0.2) is 62.8 Å². The minimum absolute atomic E-state index is 0.555.